The van der Waals surface area contributed by atoms with Gasteiger partial charge in [0.05, 0.1) is 0 Å². The molecule has 1 aromatic heterocycles. The molecule has 0 bridgehead atoms. The molecule has 0 amide bonds. The maximum Gasteiger partial charge on any atom is 0.262 e. The third-order valence-corrected chi connectivity index (χ3v) is 5.58. The Kier molecular flexibility index (Phi) is 4.27. The minimum atomic E-state index is -3.44. The van der Waals surface area contributed by atoms with Gasteiger partial charge >= 0.3 is 0 Å². The van der Waals surface area contributed by atoms with Crippen LogP contribution in [0.3, 0.4) is 0 Å². The Labute approximate surface area is 114 Å². The van der Waals surface area contributed by atoms with E-state index in [0.717, 1.165) is 25.2 Å². The van der Waals surface area contributed by atoms with E-state index < -0.39 is 10.0 Å². The minimum Gasteiger partial charge on any atom is -0.334 e. The highest BCUT2D eigenvalue weighted by atomic mass is 32.2. The average Bonchev–Trinajstić information content (AvgIpc) is 2.81. The van der Waals surface area contributed by atoms with Crippen LogP contribution in [0.25, 0.3) is 0 Å². The summed E-state index contributed by atoms with van der Waals surface area (Å²) in [4.78, 5) is 4.18. The van der Waals surface area contributed by atoms with Crippen LogP contribution in [0, 0.1) is 12.8 Å². The molecule has 1 aliphatic heterocycles. The van der Waals surface area contributed by atoms with Crippen molar-refractivity contribution in [3.8, 4) is 0 Å². The molecule has 0 radical (unpaired) electrons. The van der Waals surface area contributed by atoms with Crippen molar-refractivity contribution in [3.05, 3.63) is 12.0 Å². The number of aryl methyl sites for hydroxylation is 2. The number of hydrogen-bond donors (Lipinski definition) is 1. The largest absolute Gasteiger partial charge is 0.334 e. The normalized spacial score (nSPS) is 18.9. The average molecular weight is 286 g/mol. The Bertz CT molecular complexity index is 530. The molecule has 1 aliphatic rings. The lowest BCUT2D eigenvalue weighted by Gasteiger charge is -2.29. The van der Waals surface area contributed by atoms with Gasteiger partial charge < -0.3 is 10.3 Å². The minimum absolute atomic E-state index is 0.165. The summed E-state index contributed by atoms with van der Waals surface area (Å²) >= 11 is 0. The van der Waals surface area contributed by atoms with Gasteiger partial charge in [-0.3, -0.25) is 0 Å². The number of nitrogens with two attached hydrogens (primary N) is 1. The highest BCUT2D eigenvalue weighted by Gasteiger charge is 2.30. The van der Waals surface area contributed by atoms with Gasteiger partial charge in [0.25, 0.3) is 10.0 Å². The van der Waals surface area contributed by atoms with E-state index in [2.05, 4.69) is 4.98 Å². The molecule has 0 aromatic carbocycles. The second-order valence-electron chi connectivity index (χ2n) is 5.00. The molecule has 108 valence electrons. The molecule has 2 N–H and O–H groups in total. The summed E-state index contributed by atoms with van der Waals surface area (Å²) in [5.74, 6) is 1.18. The van der Waals surface area contributed by atoms with Crippen LogP contribution < -0.4 is 5.73 Å². The summed E-state index contributed by atoms with van der Waals surface area (Å²) in [7, 11) is -3.44. The van der Waals surface area contributed by atoms with E-state index in [0.29, 0.717) is 25.6 Å². The van der Waals surface area contributed by atoms with Gasteiger partial charge in [-0.15, -0.1) is 0 Å². The van der Waals surface area contributed by atoms with Crippen LogP contribution in [0.4, 0.5) is 0 Å². The molecule has 19 heavy (non-hydrogen) atoms. The molecular formula is C12H22N4O2S. The van der Waals surface area contributed by atoms with E-state index in [1.54, 1.807) is 6.20 Å². The van der Waals surface area contributed by atoms with Crippen molar-refractivity contribution in [1.29, 1.82) is 0 Å². The molecule has 1 aromatic rings. The van der Waals surface area contributed by atoms with E-state index >= 15 is 0 Å². The molecule has 6 nitrogen and oxygen atoms in total. The number of nitrogens with zero attached hydrogens (tertiary/aromatic N) is 3. The van der Waals surface area contributed by atoms with Gasteiger partial charge in [0.15, 0.2) is 5.03 Å². The molecule has 7 heteroatoms. The molecule has 0 saturated carbocycles. The number of aromatic nitrogens is 2. The van der Waals surface area contributed by atoms with Crippen LogP contribution in [0.15, 0.2) is 11.2 Å². The van der Waals surface area contributed by atoms with Gasteiger partial charge in [-0.2, -0.15) is 4.31 Å². The van der Waals surface area contributed by atoms with Gasteiger partial charge in [0.2, 0.25) is 0 Å². The number of hydrogen-bond acceptors (Lipinski definition) is 4. The topological polar surface area (TPSA) is 81.2 Å². The van der Waals surface area contributed by atoms with Crippen molar-refractivity contribution < 1.29 is 8.42 Å². The molecule has 1 fully saturated rings. The van der Waals surface area contributed by atoms with Gasteiger partial charge in [-0.05, 0) is 39.2 Å². The summed E-state index contributed by atoms with van der Waals surface area (Å²) in [5, 5.41) is 0.165. The van der Waals surface area contributed by atoms with Crippen molar-refractivity contribution in [2.45, 2.75) is 38.3 Å². The lowest BCUT2D eigenvalue weighted by Crippen LogP contribution is -2.40. The number of imidazole rings is 1. The molecule has 0 unspecified atom stereocenters. The Morgan fingerprint density at radius 3 is 2.53 bits per heavy atom. The zero-order valence-corrected chi connectivity index (χ0v) is 12.4. The predicted octanol–water partition coefficient (Wildman–Crippen LogP) is 0.571. The third kappa shape index (κ3) is 2.82. The Balaban J connectivity index is 2.18. The first-order valence-electron chi connectivity index (χ1n) is 6.73. The summed E-state index contributed by atoms with van der Waals surface area (Å²) in [6.07, 6.45) is 3.30. The lowest BCUT2D eigenvalue weighted by atomic mass is 9.99. The Morgan fingerprint density at radius 2 is 2.05 bits per heavy atom. The Hall–Kier alpha value is -0.920. The summed E-state index contributed by atoms with van der Waals surface area (Å²) < 4.78 is 28.3. The highest BCUT2D eigenvalue weighted by molar-refractivity contribution is 7.89. The molecule has 2 rings (SSSR count). The van der Waals surface area contributed by atoms with Crippen LogP contribution >= 0.6 is 0 Å². The molecular weight excluding hydrogens is 264 g/mol. The van der Waals surface area contributed by atoms with E-state index in [4.69, 9.17) is 5.73 Å². The first kappa shape index (κ1) is 14.5. The van der Waals surface area contributed by atoms with Gasteiger partial charge in [-0.25, -0.2) is 13.4 Å². The number of sulfonamides is 1. The fourth-order valence-electron chi connectivity index (χ4n) is 2.44. The third-order valence-electron chi connectivity index (χ3n) is 3.81. The highest BCUT2D eigenvalue weighted by Crippen LogP contribution is 2.22. The zero-order chi connectivity index (χ0) is 14.0. The number of rotatable bonds is 4. The van der Waals surface area contributed by atoms with Crippen LogP contribution in [0.5, 0.6) is 0 Å². The molecule has 1 saturated heterocycles. The fourth-order valence-corrected chi connectivity index (χ4v) is 3.91. The summed E-state index contributed by atoms with van der Waals surface area (Å²) in [6, 6.07) is 0. The van der Waals surface area contributed by atoms with Crippen molar-refractivity contribution in [2.24, 2.45) is 11.7 Å². The van der Waals surface area contributed by atoms with E-state index in [1.807, 2.05) is 18.4 Å². The van der Waals surface area contributed by atoms with E-state index in [1.165, 1.54) is 4.31 Å². The van der Waals surface area contributed by atoms with Crippen molar-refractivity contribution in [2.75, 3.05) is 19.6 Å². The van der Waals surface area contributed by atoms with Crippen LogP contribution in [-0.2, 0) is 16.6 Å². The smallest absolute Gasteiger partial charge is 0.262 e. The Morgan fingerprint density at radius 1 is 1.42 bits per heavy atom. The second kappa shape index (κ2) is 5.60. The van der Waals surface area contributed by atoms with E-state index in [9.17, 15) is 8.42 Å². The van der Waals surface area contributed by atoms with Crippen LogP contribution in [0.1, 0.15) is 25.6 Å². The molecule has 0 atom stereocenters. The zero-order valence-electron chi connectivity index (χ0n) is 11.5. The van der Waals surface area contributed by atoms with Gasteiger partial charge in [0, 0.05) is 25.8 Å². The van der Waals surface area contributed by atoms with Crippen molar-refractivity contribution in [3.63, 3.8) is 0 Å². The van der Waals surface area contributed by atoms with Crippen LogP contribution in [-0.4, -0.2) is 41.9 Å². The quantitative estimate of drug-likeness (QED) is 0.877. The number of piperidine rings is 1. The summed E-state index contributed by atoms with van der Waals surface area (Å²) in [6.45, 7) is 6.24. The van der Waals surface area contributed by atoms with Gasteiger partial charge in [-0.1, -0.05) is 0 Å². The first-order valence-corrected chi connectivity index (χ1v) is 8.17. The van der Waals surface area contributed by atoms with Crippen molar-refractivity contribution in [1.82, 2.24) is 13.9 Å². The lowest BCUT2D eigenvalue weighted by molar-refractivity contribution is 0.278. The maximum absolute atomic E-state index is 12.5. The SMILES string of the molecule is CCn1cc(S(=O)(=O)N2CCC(CN)CC2)nc1C. The van der Waals surface area contributed by atoms with E-state index in [-0.39, 0.29) is 5.03 Å². The van der Waals surface area contributed by atoms with Gasteiger partial charge in [0.1, 0.15) is 5.82 Å². The second-order valence-corrected chi connectivity index (χ2v) is 6.88. The monoisotopic (exact) mass is 286 g/mol. The van der Waals surface area contributed by atoms with Crippen molar-refractivity contribution >= 4 is 10.0 Å². The first-order chi connectivity index (χ1) is 8.98. The standard InChI is InChI=1S/C12H22N4O2S/c1-3-15-9-12(14-10(15)2)19(17,18)16-6-4-11(8-13)5-7-16/h9,11H,3-8,13H2,1-2H3. The summed E-state index contributed by atoms with van der Waals surface area (Å²) in [5.41, 5.74) is 5.63. The predicted molar refractivity (Wildman–Crippen MR) is 73.2 cm³/mol. The fraction of sp³-hybridized carbons (Fsp3) is 0.750. The molecule has 0 spiro atoms. The molecule has 2 heterocycles. The maximum atomic E-state index is 12.5. The molecule has 0 aliphatic carbocycles. The van der Waals surface area contributed by atoms with Crippen LogP contribution in [0.2, 0.25) is 0 Å².